The van der Waals surface area contributed by atoms with E-state index >= 15 is 0 Å². The molecule has 0 atom stereocenters. The number of nitrogens with zero attached hydrogens (tertiary/aromatic N) is 1. The topological polar surface area (TPSA) is 66.7 Å². The Balaban J connectivity index is 2.54. The number of nitrogens with one attached hydrogen (secondary N) is 2. The van der Waals surface area contributed by atoms with Crippen molar-refractivity contribution in [2.75, 3.05) is 5.43 Å². The fraction of sp³-hybridized carbons (Fsp3) is 0.100. The molecule has 0 amide bonds. The van der Waals surface area contributed by atoms with Crippen LogP contribution in [0.15, 0.2) is 24.3 Å². The van der Waals surface area contributed by atoms with E-state index in [1.165, 1.54) is 6.07 Å². The first-order valence-corrected chi connectivity index (χ1v) is 4.50. The molecule has 4 N–H and O–H groups in total. The number of hydrazine groups is 1. The third kappa shape index (κ3) is 1.69. The van der Waals surface area contributed by atoms with E-state index < -0.39 is 0 Å². The van der Waals surface area contributed by atoms with Crippen molar-refractivity contribution in [3.05, 3.63) is 35.8 Å². The summed E-state index contributed by atoms with van der Waals surface area (Å²) < 4.78 is 13.5. The highest BCUT2D eigenvalue weighted by atomic mass is 19.1. The number of nitrogens with two attached hydrogens (primary N) is 1. The monoisotopic (exact) mass is 206 g/mol. The van der Waals surface area contributed by atoms with Crippen molar-refractivity contribution in [2.45, 2.75) is 6.92 Å². The molecule has 1 aromatic carbocycles. The van der Waals surface area contributed by atoms with E-state index in [0.717, 1.165) is 5.69 Å². The summed E-state index contributed by atoms with van der Waals surface area (Å²) in [4.78, 5) is 7.03. The van der Waals surface area contributed by atoms with E-state index in [2.05, 4.69) is 15.4 Å². The van der Waals surface area contributed by atoms with Crippen molar-refractivity contribution < 1.29 is 4.39 Å². The van der Waals surface area contributed by atoms with Crippen LogP contribution < -0.4 is 11.3 Å². The lowest BCUT2D eigenvalue weighted by Gasteiger charge is -1.99. The summed E-state index contributed by atoms with van der Waals surface area (Å²) in [5.74, 6) is 5.34. The maximum absolute atomic E-state index is 13.5. The van der Waals surface area contributed by atoms with Gasteiger partial charge in [0, 0.05) is 11.3 Å². The predicted octanol–water partition coefficient (Wildman–Crippen LogP) is 1.81. The SMILES string of the molecule is Cc1[nH]c(NN)nc1-c1ccccc1F. The Kier molecular flexibility index (Phi) is 2.39. The first-order chi connectivity index (χ1) is 7.22. The third-order valence-corrected chi connectivity index (χ3v) is 2.15. The van der Waals surface area contributed by atoms with Crippen molar-refractivity contribution in [2.24, 2.45) is 5.84 Å². The van der Waals surface area contributed by atoms with E-state index in [1.807, 2.05) is 6.92 Å². The minimum atomic E-state index is -0.296. The maximum Gasteiger partial charge on any atom is 0.215 e. The first kappa shape index (κ1) is 9.67. The molecule has 0 aliphatic carbocycles. The molecule has 78 valence electrons. The van der Waals surface area contributed by atoms with Gasteiger partial charge in [0.1, 0.15) is 5.82 Å². The lowest BCUT2D eigenvalue weighted by Crippen LogP contribution is -2.07. The van der Waals surface area contributed by atoms with Crippen LogP contribution in [0.1, 0.15) is 5.69 Å². The molecular formula is C10H11FN4. The van der Waals surface area contributed by atoms with E-state index in [4.69, 9.17) is 5.84 Å². The van der Waals surface area contributed by atoms with Crippen molar-refractivity contribution in [1.82, 2.24) is 9.97 Å². The van der Waals surface area contributed by atoms with E-state index in [9.17, 15) is 4.39 Å². The standard InChI is InChI=1S/C10H11FN4/c1-6-9(14-10(13-6)15-12)7-4-2-3-5-8(7)11/h2-5H,12H2,1H3,(H2,13,14,15). The van der Waals surface area contributed by atoms with Gasteiger partial charge in [0.05, 0.1) is 5.69 Å². The third-order valence-electron chi connectivity index (χ3n) is 2.15. The zero-order chi connectivity index (χ0) is 10.8. The summed E-state index contributed by atoms with van der Waals surface area (Å²) in [5, 5.41) is 0. The second kappa shape index (κ2) is 3.70. The van der Waals surface area contributed by atoms with Gasteiger partial charge in [-0.05, 0) is 19.1 Å². The number of hydrogen-bond donors (Lipinski definition) is 3. The smallest absolute Gasteiger partial charge is 0.215 e. The van der Waals surface area contributed by atoms with Crippen LogP contribution in [-0.2, 0) is 0 Å². The Morgan fingerprint density at radius 1 is 1.40 bits per heavy atom. The van der Waals surface area contributed by atoms with E-state index in [0.29, 0.717) is 17.2 Å². The van der Waals surface area contributed by atoms with E-state index in [1.54, 1.807) is 18.2 Å². The van der Waals surface area contributed by atoms with Crippen LogP contribution in [0.3, 0.4) is 0 Å². The number of hydrogen-bond acceptors (Lipinski definition) is 3. The molecular weight excluding hydrogens is 195 g/mol. The van der Waals surface area contributed by atoms with Crippen LogP contribution in [0.4, 0.5) is 10.3 Å². The van der Waals surface area contributed by atoms with Gasteiger partial charge < -0.3 is 4.98 Å². The predicted molar refractivity (Wildman–Crippen MR) is 56.5 cm³/mol. The van der Waals surface area contributed by atoms with E-state index in [-0.39, 0.29) is 5.82 Å². The van der Waals surface area contributed by atoms with Crippen molar-refractivity contribution in [3.8, 4) is 11.3 Å². The lowest BCUT2D eigenvalue weighted by molar-refractivity contribution is 0.630. The summed E-state index contributed by atoms with van der Waals surface area (Å²) in [6.45, 7) is 1.82. The van der Waals surface area contributed by atoms with Gasteiger partial charge in [-0.3, -0.25) is 5.43 Å². The molecule has 15 heavy (non-hydrogen) atoms. The molecule has 0 bridgehead atoms. The molecule has 0 saturated heterocycles. The van der Waals surface area contributed by atoms with Gasteiger partial charge in [-0.1, -0.05) is 12.1 Å². The van der Waals surface area contributed by atoms with Gasteiger partial charge in [0.2, 0.25) is 5.95 Å². The quantitative estimate of drug-likeness (QED) is 0.518. The Morgan fingerprint density at radius 3 is 2.73 bits per heavy atom. The number of aromatic nitrogens is 2. The minimum absolute atomic E-state index is 0.296. The molecule has 0 unspecified atom stereocenters. The fourth-order valence-corrected chi connectivity index (χ4v) is 1.44. The Morgan fingerprint density at radius 2 is 2.13 bits per heavy atom. The lowest BCUT2D eigenvalue weighted by atomic mass is 10.1. The van der Waals surface area contributed by atoms with Crippen molar-refractivity contribution in [1.29, 1.82) is 0 Å². The average molecular weight is 206 g/mol. The molecule has 0 radical (unpaired) electrons. The molecule has 2 rings (SSSR count). The zero-order valence-electron chi connectivity index (χ0n) is 8.21. The number of imidazole rings is 1. The Bertz CT molecular complexity index is 478. The van der Waals surface area contributed by atoms with Crippen LogP contribution in [0, 0.1) is 12.7 Å². The summed E-state index contributed by atoms with van der Waals surface area (Å²) in [5.41, 5.74) is 4.20. The molecule has 5 heteroatoms. The number of halogens is 1. The second-order valence-electron chi connectivity index (χ2n) is 3.18. The molecule has 0 aliphatic rings. The molecule has 0 saturated carbocycles. The minimum Gasteiger partial charge on any atom is -0.327 e. The molecule has 0 spiro atoms. The summed E-state index contributed by atoms with van der Waals surface area (Å²) in [6, 6.07) is 6.49. The van der Waals surface area contributed by atoms with Gasteiger partial charge in [0.15, 0.2) is 0 Å². The highest BCUT2D eigenvalue weighted by Crippen LogP contribution is 2.24. The van der Waals surface area contributed by atoms with Crippen LogP contribution in [0.5, 0.6) is 0 Å². The van der Waals surface area contributed by atoms with Crippen LogP contribution in [0.2, 0.25) is 0 Å². The number of H-pyrrole nitrogens is 1. The molecule has 4 nitrogen and oxygen atoms in total. The molecule has 1 aromatic heterocycles. The normalized spacial score (nSPS) is 10.3. The summed E-state index contributed by atoms with van der Waals surface area (Å²) in [6.07, 6.45) is 0. The van der Waals surface area contributed by atoms with Crippen molar-refractivity contribution >= 4 is 5.95 Å². The fourth-order valence-electron chi connectivity index (χ4n) is 1.44. The van der Waals surface area contributed by atoms with Gasteiger partial charge in [0.25, 0.3) is 0 Å². The molecule has 2 aromatic rings. The van der Waals surface area contributed by atoms with Gasteiger partial charge in [-0.2, -0.15) is 0 Å². The molecule has 1 heterocycles. The summed E-state index contributed by atoms with van der Waals surface area (Å²) >= 11 is 0. The Hall–Kier alpha value is -1.88. The summed E-state index contributed by atoms with van der Waals surface area (Å²) in [7, 11) is 0. The van der Waals surface area contributed by atoms with Gasteiger partial charge in [-0.15, -0.1) is 0 Å². The van der Waals surface area contributed by atoms with Crippen molar-refractivity contribution in [3.63, 3.8) is 0 Å². The number of nitrogen functional groups attached to an aromatic ring is 1. The number of aryl methyl sites for hydroxylation is 1. The zero-order valence-corrected chi connectivity index (χ0v) is 8.21. The number of rotatable bonds is 2. The average Bonchev–Trinajstić information content (AvgIpc) is 2.60. The highest BCUT2D eigenvalue weighted by molar-refractivity contribution is 5.64. The second-order valence-corrected chi connectivity index (χ2v) is 3.18. The van der Waals surface area contributed by atoms with Crippen LogP contribution >= 0.6 is 0 Å². The number of anilines is 1. The maximum atomic E-state index is 13.5. The first-order valence-electron chi connectivity index (χ1n) is 4.50. The van der Waals surface area contributed by atoms with Crippen LogP contribution in [0.25, 0.3) is 11.3 Å². The number of benzene rings is 1. The van der Waals surface area contributed by atoms with Gasteiger partial charge in [-0.25, -0.2) is 15.2 Å². The molecule has 0 fully saturated rings. The number of aromatic amines is 1. The van der Waals surface area contributed by atoms with Gasteiger partial charge >= 0.3 is 0 Å². The largest absolute Gasteiger partial charge is 0.327 e. The molecule has 0 aliphatic heterocycles. The Labute approximate surface area is 86.3 Å². The highest BCUT2D eigenvalue weighted by Gasteiger charge is 2.11. The van der Waals surface area contributed by atoms with Crippen LogP contribution in [-0.4, -0.2) is 9.97 Å².